The molecule has 1 fully saturated rings. The largest absolute Gasteiger partial charge is 0.487 e. The number of amides is 2. The second-order valence-corrected chi connectivity index (χ2v) is 15.8. The van der Waals surface area contributed by atoms with Gasteiger partial charge in [-0.2, -0.15) is 0 Å². The Morgan fingerprint density at radius 3 is 2.63 bits per heavy atom. The van der Waals surface area contributed by atoms with Crippen LogP contribution < -0.4 is 19.7 Å². The first-order valence-electron chi connectivity index (χ1n) is 16.5. The molecule has 252 valence electrons. The molecule has 1 saturated carbocycles. The van der Waals surface area contributed by atoms with Crippen LogP contribution in [0.1, 0.15) is 76.6 Å². The van der Waals surface area contributed by atoms with Gasteiger partial charge in [-0.05, 0) is 111 Å². The maximum Gasteiger partial charge on any atom is 0.264 e. The monoisotopic (exact) mass is 671 g/mol. The van der Waals surface area contributed by atoms with Gasteiger partial charge in [-0.1, -0.05) is 50.3 Å². The predicted octanol–water partition coefficient (Wildman–Crippen LogP) is 6.75. The number of halogens is 1. The Morgan fingerprint density at radius 2 is 1.93 bits per heavy atom. The molecule has 6 atom stereocenters. The van der Waals surface area contributed by atoms with E-state index in [0.717, 1.165) is 55.6 Å². The van der Waals surface area contributed by atoms with E-state index in [0.29, 0.717) is 35.0 Å². The summed E-state index contributed by atoms with van der Waals surface area (Å²) < 4.78 is 35.6. The number of nitrogens with one attached hydrogen (secondary N) is 2. The molecule has 2 aliphatic heterocycles. The molecule has 1 aromatic carbocycles. The van der Waals surface area contributed by atoms with Crippen molar-refractivity contribution in [3.63, 3.8) is 0 Å². The third-order valence-corrected chi connectivity index (χ3v) is 12.3. The Bertz CT molecular complexity index is 1500. The van der Waals surface area contributed by atoms with Gasteiger partial charge in [0.2, 0.25) is 15.9 Å². The summed E-state index contributed by atoms with van der Waals surface area (Å²) in [7, 11) is -2.38. The van der Waals surface area contributed by atoms with E-state index in [4.69, 9.17) is 16.3 Å². The van der Waals surface area contributed by atoms with Crippen LogP contribution in [-0.2, 0) is 14.8 Å². The van der Waals surface area contributed by atoms with E-state index < -0.39 is 21.2 Å². The Morgan fingerprint density at radius 1 is 1.17 bits per heavy atom. The number of rotatable bonds is 3. The molecule has 10 heteroatoms. The van der Waals surface area contributed by atoms with Crippen molar-refractivity contribution in [2.24, 2.45) is 29.6 Å². The summed E-state index contributed by atoms with van der Waals surface area (Å²) in [6.07, 6.45) is 12.7. The Balaban J connectivity index is 1.76. The van der Waals surface area contributed by atoms with Gasteiger partial charge in [-0.3, -0.25) is 9.59 Å². The lowest BCUT2D eigenvalue weighted by atomic mass is 9.65. The van der Waals surface area contributed by atoms with E-state index in [1.54, 1.807) is 32.2 Å². The summed E-state index contributed by atoms with van der Waals surface area (Å²) in [5.41, 5.74) is 2.92. The van der Waals surface area contributed by atoms with Crippen molar-refractivity contribution < 1.29 is 22.7 Å². The van der Waals surface area contributed by atoms with Gasteiger partial charge in [-0.15, -0.1) is 0 Å². The molecular formula is C36H50ClN3O5S. The number of sulfonamides is 1. The van der Waals surface area contributed by atoms with Crippen molar-refractivity contribution in [3.8, 4) is 5.75 Å². The minimum atomic E-state index is -4.00. The molecule has 2 N–H and O–H groups in total. The fraction of sp³-hybridized carbons (Fsp3) is 0.556. The SMILES string of the molecule is C=C1COc2ccc3cc2N(CCCC/C1=C/C(Cl)=C\C)C[C@@H]1[C@H](C)C[C@H]1/C=C/[C@@H](CC(=O)NC)C[C@H](C)[C@@H](C)S(=O)(=O)NC3=O. The Kier molecular flexibility index (Phi) is 12.2. The lowest BCUT2D eigenvalue weighted by Crippen LogP contribution is -2.44. The van der Waals surface area contributed by atoms with Crippen LogP contribution in [0.4, 0.5) is 5.69 Å². The standard InChI is InChI=1S/C36H50ClN3O5S/c1-7-31(37)19-28-10-8-9-15-40-21-32-24(3)17-29(32)12-11-27(18-35(41)38-6)16-23(2)26(5)46(43,44)39-36(42)30-13-14-34(33(40)20-30)45-22-25(28)4/h7,11-14,19-20,23-24,26-27,29,32H,4,8-10,15-18,21-22H2,1-3,5-6H3,(H,38,41)(H,39,42)/b12-11+,28-19-,31-7+/t23-,24+,26+,27+,29+,32+/m0/s1. The highest BCUT2D eigenvalue weighted by Crippen LogP contribution is 2.44. The molecule has 46 heavy (non-hydrogen) atoms. The van der Waals surface area contributed by atoms with Gasteiger partial charge in [0.25, 0.3) is 5.91 Å². The van der Waals surface area contributed by atoms with Crippen molar-refractivity contribution in [1.29, 1.82) is 0 Å². The number of carbonyl (C=O) groups excluding carboxylic acids is 2. The number of hydrogen-bond acceptors (Lipinski definition) is 6. The van der Waals surface area contributed by atoms with Crippen molar-refractivity contribution >= 4 is 39.1 Å². The summed E-state index contributed by atoms with van der Waals surface area (Å²) in [4.78, 5) is 28.2. The van der Waals surface area contributed by atoms with Crippen LogP contribution in [0.3, 0.4) is 0 Å². The molecule has 8 nitrogen and oxygen atoms in total. The topological polar surface area (TPSA) is 105 Å². The van der Waals surface area contributed by atoms with Gasteiger partial charge in [0.15, 0.2) is 0 Å². The number of ether oxygens (including phenoxy) is 1. The number of benzene rings is 1. The number of nitrogens with zero attached hydrogens (tertiary/aromatic N) is 1. The summed E-state index contributed by atoms with van der Waals surface area (Å²) >= 11 is 6.36. The first-order valence-corrected chi connectivity index (χ1v) is 18.4. The zero-order valence-corrected chi connectivity index (χ0v) is 29.4. The molecule has 3 aliphatic rings. The van der Waals surface area contributed by atoms with Gasteiger partial charge >= 0.3 is 0 Å². The number of allylic oxidation sites excluding steroid dienone is 5. The van der Waals surface area contributed by atoms with Crippen LogP contribution in [-0.4, -0.2) is 52.2 Å². The van der Waals surface area contributed by atoms with E-state index >= 15 is 0 Å². The molecule has 4 rings (SSSR count). The fourth-order valence-corrected chi connectivity index (χ4v) is 8.15. The van der Waals surface area contributed by atoms with Crippen molar-refractivity contribution in [2.75, 3.05) is 31.6 Å². The zero-order valence-electron chi connectivity index (χ0n) is 27.9. The normalized spacial score (nSPS) is 31.0. The Hall–Kier alpha value is -3.04. The van der Waals surface area contributed by atoms with Gasteiger partial charge in [0.1, 0.15) is 12.4 Å². The molecule has 2 heterocycles. The van der Waals surface area contributed by atoms with Crippen LogP contribution in [0.15, 0.2) is 65.3 Å². The first-order chi connectivity index (χ1) is 21.8. The van der Waals surface area contributed by atoms with Gasteiger partial charge in [0.05, 0.1) is 10.9 Å². The second-order valence-electron chi connectivity index (χ2n) is 13.3. The quantitative estimate of drug-likeness (QED) is 0.345. The van der Waals surface area contributed by atoms with Crippen LogP contribution in [0.5, 0.6) is 5.75 Å². The average molecular weight is 672 g/mol. The van der Waals surface area contributed by atoms with Crippen molar-refractivity contribution in [1.82, 2.24) is 10.0 Å². The van der Waals surface area contributed by atoms with Crippen molar-refractivity contribution in [3.05, 3.63) is 70.8 Å². The summed E-state index contributed by atoms with van der Waals surface area (Å²) in [6, 6.07) is 5.14. The molecule has 0 saturated heterocycles. The van der Waals surface area contributed by atoms with Crippen LogP contribution in [0, 0.1) is 29.6 Å². The molecule has 2 amide bonds. The molecule has 0 aromatic heterocycles. The molecule has 1 aromatic rings. The lowest BCUT2D eigenvalue weighted by molar-refractivity contribution is -0.121. The highest BCUT2D eigenvalue weighted by molar-refractivity contribution is 7.90. The summed E-state index contributed by atoms with van der Waals surface area (Å²) in [5, 5.41) is 2.52. The number of carbonyl (C=O) groups is 2. The first kappa shape index (κ1) is 35.8. The molecule has 0 spiro atoms. The zero-order chi connectivity index (χ0) is 33.6. The molecule has 0 radical (unpaired) electrons. The smallest absolute Gasteiger partial charge is 0.264 e. The molecule has 2 bridgehead atoms. The van der Waals surface area contributed by atoms with Crippen molar-refractivity contribution in [2.45, 2.75) is 71.5 Å². The maximum absolute atomic E-state index is 13.5. The third-order valence-electron chi connectivity index (χ3n) is 10.0. The third kappa shape index (κ3) is 8.85. The van der Waals surface area contributed by atoms with E-state index in [-0.39, 0.29) is 36.3 Å². The molecule has 1 aliphatic carbocycles. The summed E-state index contributed by atoms with van der Waals surface area (Å²) in [5.74, 6) is 0.656. The van der Waals surface area contributed by atoms with Gasteiger partial charge in [-0.25, -0.2) is 13.1 Å². The number of fused-ring (bicyclic) bond motifs is 2. The predicted molar refractivity (Wildman–Crippen MR) is 187 cm³/mol. The van der Waals surface area contributed by atoms with E-state index in [9.17, 15) is 18.0 Å². The molecule has 0 unspecified atom stereocenters. The molecular weight excluding hydrogens is 622 g/mol. The van der Waals surface area contributed by atoms with E-state index in [2.05, 4.69) is 40.6 Å². The van der Waals surface area contributed by atoms with E-state index in [1.165, 1.54) is 0 Å². The van der Waals surface area contributed by atoms with Gasteiger partial charge in [0, 0.05) is 37.2 Å². The van der Waals surface area contributed by atoms with Crippen LogP contribution >= 0.6 is 11.6 Å². The second kappa shape index (κ2) is 15.7. The highest BCUT2D eigenvalue weighted by atomic mass is 35.5. The maximum atomic E-state index is 13.5. The van der Waals surface area contributed by atoms with Crippen LogP contribution in [0.25, 0.3) is 0 Å². The number of hydrogen-bond donors (Lipinski definition) is 2. The minimum Gasteiger partial charge on any atom is -0.487 e. The Labute approximate surface area is 280 Å². The average Bonchev–Trinajstić information content (AvgIpc) is 3.05. The minimum absolute atomic E-state index is 0.0817. The fourth-order valence-electron chi connectivity index (χ4n) is 6.74. The lowest BCUT2D eigenvalue weighted by Gasteiger charge is -2.45. The highest BCUT2D eigenvalue weighted by Gasteiger charge is 2.38. The van der Waals surface area contributed by atoms with Gasteiger partial charge < -0.3 is 15.0 Å². The van der Waals surface area contributed by atoms with Crippen LogP contribution in [0.2, 0.25) is 0 Å². The summed E-state index contributed by atoms with van der Waals surface area (Å²) in [6.45, 7) is 13.7. The van der Waals surface area contributed by atoms with E-state index in [1.807, 2.05) is 26.0 Å². The number of anilines is 1.